The Bertz CT molecular complexity index is 4570. The van der Waals surface area contributed by atoms with Crippen LogP contribution in [0.15, 0.2) is 218 Å². The van der Waals surface area contributed by atoms with E-state index in [0.29, 0.717) is 28.2 Å². The molecule has 0 aliphatic carbocycles. The molecule has 7 heteroatoms. The number of rotatable bonds is 8. The molecular weight excluding hydrogens is 1050 g/mol. The van der Waals surface area contributed by atoms with Crippen molar-refractivity contribution in [1.82, 2.24) is 18.7 Å². The number of nitrogens with zero attached hydrogens (tertiary/aromatic N) is 5. The smallest absolute Gasteiger partial charge is 0.268 e. The van der Waals surface area contributed by atoms with Crippen LogP contribution in [0.1, 0.15) is 40.0 Å². The predicted molar refractivity (Wildman–Crippen MR) is 284 cm³/mol. The van der Waals surface area contributed by atoms with Gasteiger partial charge in [0.05, 0.1) is 41.5 Å². The first-order chi connectivity index (χ1) is 38.5. The minimum absolute atomic E-state index is 0. The number of pyridine rings is 1. The first-order valence-corrected chi connectivity index (χ1v) is 22.9. The number of hydrogen-bond donors (Lipinski definition) is 0. The quantitative estimate of drug-likeness (QED) is 0.112. The molecule has 0 saturated carbocycles. The predicted octanol–water partition coefficient (Wildman–Crippen LogP) is 15.3. The van der Waals surface area contributed by atoms with Crippen molar-refractivity contribution in [2.24, 2.45) is 0 Å². The topological polar surface area (TPSA) is 40.8 Å². The van der Waals surface area contributed by atoms with E-state index >= 15 is 0 Å². The molecule has 0 amide bonds. The molecule has 0 radical (unpaired) electrons. The Morgan fingerprint density at radius 3 is 1.85 bits per heavy atom. The van der Waals surface area contributed by atoms with E-state index < -0.39 is 60.4 Å². The van der Waals surface area contributed by atoms with E-state index in [2.05, 4.69) is 121 Å². The molecule has 344 valence electrons. The zero-order chi connectivity index (χ0) is 55.6. The summed E-state index contributed by atoms with van der Waals surface area (Å²) >= 11 is 0. The van der Waals surface area contributed by atoms with Crippen LogP contribution in [-0.2, 0) is 26.5 Å². The molecule has 13 rings (SSSR count). The third-order valence-corrected chi connectivity index (χ3v) is 12.9. The minimum atomic E-state index is -0.576. The summed E-state index contributed by atoms with van der Waals surface area (Å²) in [6.45, 7) is 6.54. The van der Waals surface area contributed by atoms with Crippen LogP contribution in [0.5, 0.6) is 11.5 Å². The number of aromatic nitrogens is 5. The van der Waals surface area contributed by atoms with Crippen LogP contribution in [0.3, 0.4) is 0 Å². The van der Waals surface area contributed by atoms with Gasteiger partial charge in [-0.25, -0.2) is 4.98 Å². The van der Waals surface area contributed by atoms with Gasteiger partial charge in [0.1, 0.15) is 5.82 Å². The van der Waals surface area contributed by atoms with Gasteiger partial charge in [-0.3, -0.25) is 4.57 Å². The molecule has 0 aliphatic rings. The summed E-state index contributed by atoms with van der Waals surface area (Å²) in [5, 5.41) is 4.29. The molecule has 9 aromatic carbocycles. The fourth-order valence-corrected chi connectivity index (χ4v) is 9.66. The van der Waals surface area contributed by atoms with E-state index in [9.17, 15) is 0 Å². The van der Waals surface area contributed by atoms with Gasteiger partial charge in [0.25, 0.3) is 6.33 Å². The van der Waals surface area contributed by atoms with Gasteiger partial charge in [0.15, 0.2) is 0 Å². The summed E-state index contributed by atoms with van der Waals surface area (Å²) in [6.07, 6.45) is 5.28. The second kappa shape index (κ2) is 17.6. The molecule has 13 aromatic rings. The second-order valence-electron chi connectivity index (χ2n) is 18.1. The van der Waals surface area contributed by atoms with Gasteiger partial charge < -0.3 is 18.4 Å². The van der Waals surface area contributed by atoms with Crippen LogP contribution in [-0.4, -0.2) is 18.7 Å². The number of benzene rings is 9. The minimum Gasteiger partial charge on any atom is -0.510 e. The molecule has 0 spiro atoms. The molecule has 0 atom stereocenters. The summed E-state index contributed by atoms with van der Waals surface area (Å²) in [4.78, 5) is 4.98. The van der Waals surface area contributed by atoms with E-state index in [1.807, 2.05) is 60.8 Å². The number of imidazole rings is 1. The fourth-order valence-electron chi connectivity index (χ4n) is 9.66. The van der Waals surface area contributed by atoms with Gasteiger partial charge in [0, 0.05) is 60.7 Å². The van der Waals surface area contributed by atoms with E-state index in [-0.39, 0.29) is 54.4 Å². The standard InChI is InChI=1S/C64H45N5O.Pt/c1-64(2,3)45-36-37-65-62(38-45)69-60-40-47(68-56-28-12-10-24-52(56)53-25-11-13-29-57(53)68)32-34-54(60)55-35-33-49(41-61(55)69)70-48-23-16-22-46(39-48)66-42-67(59-31-15-14-30-58(59)66)63-50(43-18-6-4-7-19-43)26-17-27-51(63)44-20-8-5-9-21-44;/h4-38,40H,1-3H3;/q-2;/i4D,5D,6D,7D,8D,9D,18D,19D,20D,21D;. The normalized spacial score (nSPS) is 13.7. The molecule has 0 fully saturated rings. The van der Waals surface area contributed by atoms with Crippen molar-refractivity contribution in [1.29, 1.82) is 0 Å². The summed E-state index contributed by atoms with van der Waals surface area (Å²) in [5.41, 5.74) is 7.61. The average Bonchev–Trinajstić information content (AvgIpc) is 4.30. The first-order valence-electron chi connectivity index (χ1n) is 27.9. The van der Waals surface area contributed by atoms with E-state index in [1.54, 1.807) is 33.4 Å². The molecule has 0 N–H and O–H groups in total. The van der Waals surface area contributed by atoms with E-state index in [0.717, 1.165) is 49.9 Å². The number of para-hydroxylation sites is 5. The molecule has 0 bridgehead atoms. The van der Waals surface area contributed by atoms with Crippen molar-refractivity contribution in [3.8, 4) is 56.6 Å². The third kappa shape index (κ3) is 7.54. The average molecular weight is 1110 g/mol. The van der Waals surface area contributed by atoms with Crippen molar-refractivity contribution in [3.63, 3.8) is 0 Å². The maximum atomic E-state index is 9.07. The Balaban J connectivity index is 0.00000651. The van der Waals surface area contributed by atoms with Crippen molar-refractivity contribution in [3.05, 3.63) is 242 Å². The van der Waals surface area contributed by atoms with Crippen LogP contribution in [0, 0.1) is 18.5 Å². The summed E-state index contributed by atoms with van der Waals surface area (Å²) in [5.74, 6) is 1.49. The molecule has 4 heterocycles. The van der Waals surface area contributed by atoms with Gasteiger partial charge in [-0.15, -0.1) is 29.7 Å². The zero-order valence-electron chi connectivity index (χ0n) is 48.5. The number of hydrogen-bond acceptors (Lipinski definition) is 2. The Labute approximate surface area is 440 Å². The summed E-state index contributed by atoms with van der Waals surface area (Å²) in [6, 6.07) is 50.8. The Hall–Kier alpha value is -8.31. The molecule has 71 heavy (non-hydrogen) atoms. The van der Waals surface area contributed by atoms with Gasteiger partial charge in [-0.05, 0) is 80.7 Å². The molecule has 0 aliphatic heterocycles. The maximum absolute atomic E-state index is 9.07. The first kappa shape index (κ1) is 34.1. The van der Waals surface area contributed by atoms with Crippen molar-refractivity contribution >= 4 is 54.6 Å². The molecule has 4 aromatic heterocycles. The van der Waals surface area contributed by atoms with E-state index in [1.165, 1.54) is 10.8 Å². The SMILES string of the molecule is [2H]c1c([2H])c([2H])c(-c2cccc(-c3c([2H])c([2H])c([2H])c([2H])c3[2H])c2-[n+]2[c-]n(-c3[c-]c(Oc4[c-]c5c(cc4)c4ccc(-n6c7ccccc7c7ccccc76)cc4n5-c4cc(C(C)(C)C)ccn4)ccc3)c3ccccc32)c([2H])c1[2H].[Pt]. The summed E-state index contributed by atoms with van der Waals surface area (Å²) in [7, 11) is 0. The van der Waals surface area contributed by atoms with Gasteiger partial charge in [-0.1, -0.05) is 172 Å². The molecule has 0 saturated heterocycles. The summed E-state index contributed by atoms with van der Waals surface area (Å²) < 4.78 is 102. The second-order valence-corrected chi connectivity index (χ2v) is 18.1. The molecule has 0 unspecified atom stereocenters. The van der Waals surface area contributed by atoms with Crippen molar-refractivity contribution < 1.29 is 44.1 Å². The molecule has 6 nitrogen and oxygen atoms in total. The Kier molecular flexibility index (Phi) is 8.43. The van der Waals surface area contributed by atoms with E-state index in [4.69, 9.17) is 23.4 Å². The maximum Gasteiger partial charge on any atom is 0.268 e. The fraction of sp³-hybridized carbons (Fsp3) is 0.0625. The van der Waals surface area contributed by atoms with Gasteiger partial charge in [-0.2, -0.15) is 18.2 Å². The van der Waals surface area contributed by atoms with Crippen LogP contribution in [0.4, 0.5) is 0 Å². The van der Waals surface area contributed by atoms with Crippen molar-refractivity contribution in [2.75, 3.05) is 0 Å². The van der Waals surface area contributed by atoms with Crippen LogP contribution in [0.2, 0.25) is 0 Å². The largest absolute Gasteiger partial charge is 0.510 e. The van der Waals surface area contributed by atoms with Gasteiger partial charge in [0.2, 0.25) is 0 Å². The zero-order valence-corrected chi connectivity index (χ0v) is 40.7. The Morgan fingerprint density at radius 2 is 1.15 bits per heavy atom. The monoisotopic (exact) mass is 1100 g/mol. The van der Waals surface area contributed by atoms with Crippen LogP contribution < -0.4 is 9.30 Å². The van der Waals surface area contributed by atoms with Crippen LogP contribution >= 0.6 is 0 Å². The number of ether oxygens (including phenoxy) is 1. The van der Waals surface area contributed by atoms with Crippen LogP contribution in [0.25, 0.3) is 99.8 Å². The van der Waals surface area contributed by atoms with Crippen molar-refractivity contribution in [2.45, 2.75) is 26.2 Å². The third-order valence-electron chi connectivity index (χ3n) is 12.9. The Morgan fingerprint density at radius 1 is 0.549 bits per heavy atom. The number of fused-ring (bicyclic) bond motifs is 7. The van der Waals surface area contributed by atoms with Gasteiger partial charge >= 0.3 is 0 Å². The molecular formula is C64H45N5OPt-2.